The minimum Gasteiger partial charge on any atom is -0.359 e. The van der Waals surface area contributed by atoms with Crippen LogP contribution in [0, 0.1) is 13.8 Å². The third kappa shape index (κ3) is 3.11. The van der Waals surface area contributed by atoms with Crippen molar-refractivity contribution in [2.45, 2.75) is 39.2 Å². The first-order valence-electron chi connectivity index (χ1n) is 11.2. The molecule has 1 spiro atoms. The standard InChI is InChI=1S/C26H30N4O/c1-4-30-23-9-6-5-8-22(23)29-15-7-10-24(29)26(30)13-16-28(17-14-26)25(31)27-21-18-19(2)11-12-20(21)3/h5-12,15,18H,4,13-14,16-17H2,1-3H3,(H,27,31). The van der Waals surface area contributed by atoms with E-state index >= 15 is 0 Å². The van der Waals surface area contributed by atoms with E-state index in [1.165, 1.54) is 17.1 Å². The molecule has 1 N–H and O–H groups in total. The van der Waals surface area contributed by atoms with Crippen molar-refractivity contribution in [3.63, 3.8) is 0 Å². The molecule has 5 nitrogen and oxygen atoms in total. The number of nitrogens with zero attached hydrogens (tertiary/aromatic N) is 3. The molecular weight excluding hydrogens is 384 g/mol. The van der Waals surface area contributed by atoms with Gasteiger partial charge in [-0.2, -0.15) is 0 Å². The van der Waals surface area contributed by atoms with Crippen LogP contribution in [0.25, 0.3) is 5.69 Å². The van der Waals surface area contributed by atoms with Crippen LogP contribution in [0.4, 0.5) is 16.2 Å². The van der Waals surface area contributed by atoms with Crippen molar-refractivity contribution in [2.75, 3.05) is 29.9 Å². The molecule has 31 heavy (non-hydrogen) atoms. The Morgan fingerprint density at radius 3 is 2.48 bits per heavy atom. The highest BCUT2D eigenvalue weighted by atomic mass is 16.2. The predicted octanol–water partition coefficient (Wildman–Crippen LogP) is 5.46. The third-order valence-corrected chi connectivity index (χ3v) is 7.00. The summed E-state index contributed by atoms with van der Waals surface area (Å²) in [6, 6.07) is 19.2. The van der Waals surface area contributed by atoms with Crippen LogP contribution in [-0.2, 0) is 5.54 Å². The molecule has 0 bridgehead atoms. The van der Waals surface area contributed by atoms with Crippen molar-refractivity contribution in [2.24, 2.45) is 0 Å². The first kappa shape index (κ1) is 19.7. The number of urea groups is 1. The lowest BCUT2D eigenvalue weighted by atomic mass is 9.80. The second-order valence-electron chi connectivity index (χ2n) is 8.76. The lowest BCUT2D eigenvalue weighted by Gasteiger charge is -2.53. The second-order valence-corrected chi connectivity index (χ2v) is 8.76. The number of likely N-dealkylation sites (tertiary alicyclic amines) is 1. The number of piperidine rings is 1. The number of aryl methyl sites for hydroxylation is 2. The molecule has 3 aromatic rings. The molecule has 3 heterocycles. The van der Waals surface area contributed by atoms with E-state index in [0.29, 0.717) is 0 Å². The van der Waals surface area contributed by atoms with Gasteiger partial charge in [0.15, 0.2) is 0 Å². The normalized spacial score (nSPS) is 16.7. The van der Waals surface area contributed by atoms with Gasteiger partial charge in [0.1, 0.15) is 0 Å². The minimum absolute atomic E-state index is 0.00168. The van der Waals surface area contributed by atoms with Crippen LogP contribution in [0.5, 0.6) is 0 Å². The van der Waals surface area contributed by atoms with Crippen LogP contribution in [0.2, 0.25) is 0 Å². The summed E-state index contributed by atoms with van der Waals surface area (Å²) in [4.78, 5) is 17.6. The van der Waals surface area contributed by atoms with Gasteiger partial charge >= 0.3 is 6.03 Å². The Bertz CT molecular complexity index is 1120. The van der Waals surface area contributed by atoms with E-state index in [2.05, 4.69) is 83.4 Å². The molecule has 160 valence electrons. The molecule has 0 saturated carbocycles. The lowest BCUT2D eigenvalue weighted by molar-refractivity contribution is 0.161. The average Bonchev–Trinajstić information content (AvgIpc) is 3.28. The number of aromatic nitrogens is 1. The van der Waals surface area contributed by atoms with Gasteiger partial charge in [0.25, 0.3) is 0 Å². The fourth-order valence-electron chi connectivity index (χ4n) is 5.38. The Hall–Kier alpha value is -3.21. The first-order valence-corrected chi connectivity index (χ1v) is 11.2. The van der Waals surface area contributed by atoms with E-state index in [0.717, 1.165) is 49.3 Å². The number of para-hydroxylation sites is 2. The Balaban J connectivity index is 1.40. The zero-order valence-corrected chi connectivity index (χ0v) is 18.6. The molecule has 2 aromatic carbocycles. The predicted molar refractivity (Wildman–Crippen MR) is 126 cm³/mol. The van der Waals surface area contributed by atoms with Gasteiger partial charge in [0, 0.05) is 37.2 Å². The van der Waals surface area contributed by atoms with Crippen LogP contribution in [0.15, 0.2) is 60.8 Å². The van der Waals surface area contributed by atoms with Crippen LogP contribution < -0.4 is 10.2 Å². The van der Waals surface area contributed by atoms with Gasteiger partial charge in [-0.1, -0.05) is 24.3 Å². The summed E-state index contributed by atoms with van der Waals surface area (Å²) in [5, 5.41) is 3.14. The average molecular weight is 415 g/mol. The van der Waals surface area contributed by atoms with Gasteiger partial charge in [-0.25, -0.2) is 4.79 Å². The molecule has 1 aromatic heterocycles. The Labute approximate surface area is 184 Å². The highest BCUT2D eigenvalue weighted by molar-refractivity contribution is 5.90. The number of carbonyl (C=O) groups excluding carboxylic acids is 1. The molecular formula is C26H30N4O. The van der Waals surface area contributed by atoms with Gasteiger partial charge in [-0.3, -0.25) is 0 Å². The van der Waals surface area contributed by atoms with E-state index in [1.807, 2.05) is 17.9 Å². The number of benzene rings is 2. The summed E-state index contributed by atoms with van der Waals surface area (Å²) >= 11 is 0. The lowest BCUT2D eigenvalue weighted by Crippen LogP contribution is -2.57. The monoisotopic (exact) mass is 414 g/mol. The van der Waals surface area contributed by atoms with Crippen molar-refractivity contribution in [3.05, 3.63) is 77.6 Å². The fourth-order valence-corrected chi connectivity index (χ4v) is 5.38. The highest BCUT2D eigenvalue weighted by Crippen LogP contribution is 2.47. The quantitative estimate of drug-likeness (QED) is 0.605. The Kier molecular flexibility index (Phi) is 4.77. The van der Waals surface area contributed by atoms with Gasteiger partial charge in [-0.15, -0.1) is 0 Å². The fraction of sp³-hybridized carbons (Fsp3) is 0.346. The molecule has 0 unspecified atom stereocenters. The summed E-state index contributed by atoms with van der Waals surface area (Å²) in [5.41, 5.74) is 6.92. The maximum absolute atomic E-state index is 13.0. The smallest absolute Gasteiger partial charge is 0.321 e. The van der Waals surface area contributed by atoms with Crippen molar-refractivity contribution < 1.29 is 4.79 Å². The summed E-state index contributed by atoms with van der Waals surface area (Å²) in [5.74, 6) is 0. The van der Waals surface area contributed by atoms with Crippen molar-refractivity contribution in [1.82, 2.24) is 9.47 Å². The topological polar surface area (TPSA) is 40.5 Å². The Morgan fingerprint density at radius 2 is 1.74 bits per heavy atom. The number of carbonyl (C=O) groups is 1. The van der Waals surface area contributed by atoms with Crippen molar-refractivity contribution in [3.8, 4) is 5.69 Å². The molecule has 0 radical (unpaired) electrons. The molecule has 1 fully saturated rings. The molecule has 2 amide bonds. The molecule has 1 saturated heterocycles. The summed E-state index contributed by atoms with van der Waals surface area (Å²) in [6.07, 6.45) is 4.00. The van der Waals surface area contributed by atoms with E-state index in [-0.39, 0.29) is 11.6 Å². The summed E-state index contributed by atoms with van der Waals surface area (Å²) in [7, 11) is 0. The SMILES string of the molecule is CCN1c2ccccc2-n2cccc2C12CCN(C(=O)Nc1cc(C)ccc1C)CC2. The second kappa shape index (κ2) is 7.49. The Morgan fingerprint density at radius 1 is 1.00 bits per heavy atom. The number of hydrogen-bond acceptors (Lipinski definition) is 2. The summed E-state index contributed by atoms with van der Waals surface area (Å²) < 4.78 is 2.34. The van der Waals surface area contributed by atoms with Gasteiger partial charge in [0.05, 0.1) is 16.9 Å². The number of amides is 2. The van der Waals surface area contributed by atoms with Crippen molar-refractivity contribution >= 4 is 17.4 Å². The van der Waals surface area contributed by atoms with E-state index in [1.54, 1.807) is 0 Å². The van der Waals surface area contributed by atoms with Crippen LogP contribution >= 0.6 is 0 Å². The number of nitrogens with one attached hydrogen (secondary N) is 1. The van der Waals surface area contributed by atoms with Crippen LogP contribution in [-0.4, -0.2) is 35.1 Å². The maximum Gasteiger partial charge on any atom is 0.321 e. The number of rotatable bonds is 2. The van der Waals surface area contributed by atoms with Crippen LogP contribution in [0.3, 0.4) is 0 Å². The number of hydrogen-bond donors (Lipinski definition) is 1. The zero-order valence-electron chi connectivity index (χ0n) is 18.6. The molecule has 2 aliphatic heterocycles. The molecule has 5 rings (SSSR count). The maximum atomic E-state index is 13.0. The van der Waals surface area contributed by atoms with E-state index < -0.39 is 0 Å². The number of anilines is 2. The minimum atomic E-state index is -0.0807. The molecule has 5 heteroatoms. The molecule has 0 atom stereocenters. The van der Waals surface area contributed by atoms with Crippen molar-refractivity contribution in [1.29, 1.82) is 0 Å². The first-order chi connectivity index (χ1) is 15.0. The largest absolute Gasteiger partial charge is 0.359 e. The molecule has 2 aliphatic rings. The third-order valence-electron chi connectivity index (χ3n) is 7.00. The van der Waals surface area contributed by atoms with Crippen LogP contribution in [0.1, 0.15) is 36.6 Å². The molecule has 0 aliphatic carbocycles. The van der Waals surface area contributed by atoms with Gasteiger partial charge in [-0.05, 0) is 75.1 Å². The number of fused-ring (bicyclic) bond motifs is 4. The van der Waals surface area contributed by atoms with E-state index in [9.17, 15) is 4.79 Å². The zero-order chi connectivity index (χ0) is 21.6. The van der Waals surface area contributed by atoms with E-state index in [4.69, 9.17) is 0 Å². The highest BCUT2D eigenvalue weighted by Gasteiger charge is 2.46. The van der Waals surface area contributed by atoms with Gasteiger partial charge < -0.3 is 19.7 Å². The van der Waals surface area contributed by atoms with Gasteiger partial charge in [0.2, 0.25) is 0 Å². The summed E-state index contributed by atoms with van der Waals surface area (Å²) in [6.45, 7) is 8.73.